The highest BCUT2D eigenvalue weighted by Crippen LogP contribution is 2.29. The molecule has 118 valence electrons. The molecule has 0 saturated carbocycles. The number of nitrogens with one attached hydrogen (secondary N) is 1. The van der Waals surface area contributed by atoms with Crippen molar-refractivity contribution in [2.45, 2.75) is 6.04 Å². The number of nitrogens with two attached hydrogens (primary N) is 1. The Kier molecular flexibility index (Phi) is 4.50. The molecule has 3 aromatic rings. The lowest BCUT2D eigenvalue weighted by Crippen LogP contribution is -1.99. The Labute approximate surface area is 141 Å². The van der Waals surface area contributed by atoms with Crippen molar-refractivity contribution in [3.63, 3.8) is 0 Å². The number of fused-ring (bicyclic) bond motifs is 1. The molecular weight excluding hydrogens is 322 g/mol. The summed E-state index contributed by atoms with van der Waals surface area (Å²) >= 11 is 1.16. The maximum atomic E-state index is 11.5. The zero-order valence-corrected chi connectivity index (χ0v) is 13.3. The van der Waals surface area contributed by atoms with Crippen LogP contribution >= 0.6 is 11.3 Å². The Balaban J connectivity index is 2.07. The summed E-state index contributed by atoms with van der Waals surface area (Å²) in [7, 11) is 0. The average molecular weight is 335 g/mol. The molecule has 0 amide bonds. The average Bonchev–Trinajstić information content (AvgIpc) is 2.98. The van der Waals surface area contributed by atoms with Crippen molar-refractivity contribution >= 4 is 34.2 Å². The lowest BCUT2D eigenvalue weighted by molar-refractivity contribution is 0.878. The van der Waals surface area contributed by atoms with Crippen LogP contribution in [0.4, 0.5) is 0 Å². The van der Waals surface area contributed by atoms with Crippen LogP contribution in [0.1, 0.15) is 22.7 Å². The van der Waals surface area contributed by atoms with Crippen LogP contribution in [0.5, 0.6) is 0 Å². The molecule has 2 aromatic carbocycles. The van der Waals surface area contributed by atoms with E-state index < -0.39 is 0 Å². The molecule has 1 atom stereocenters. The third-order valence-electron chi connectivity index (χ3n) is 3.48. The van der Waals surface area contributed by atoms with Crippen molar-refractivity contribution in [3.05, 3.63) is 68.8 Å². The largest absolute Gasteiger partial charge is 0.390 e. The predicted molar refractivity (Wildman–Crippen MR) is 96.6 cm³/mol. The Morgan fingerprint density at radius 1 is 1.21 bits per heavy atom. The summed E-state index contributed by atoms with van der Waals surface area (Å²) in [5.41, 5.74) is 8.48. The molecule has 0 aliphatic carbocycles. The van der Waals surface area contributed by atoms with Gasteiger partial charge in [0.2, 0.25) is 0 Å². The quantitative estimate of drug-likeness (QED) is 0.565. The lowest BCUT2D eigenvalue weighted by atomic mass is 9.98. The van der Waals surface area contributed by atoms with Crippen molar-refractivity contribution in [2.24, 2.45) is 15.7 Å². The molecule has 3 rings (SSSR count). The lowest BCUT2D eigenvalue weighted by Gasteiger charge is -2.13. The Morgan fingerprint density at radius 3 is 2.67 bits per heavy atom. The minimum Gasteiger partial charge on any atom is -0.390 e. The highest BCUT2D eigenvalue weighted by Gasteiger charge is 2.14. The van der Waals surface area contributed by atoms with Crippen LogP contribution < -0.4 is 10.6 Å². The number of benzene rings is 2. The standard InChI is InChI=1S/C17H13N5OS/c18-8-11-1-3-12(4-2-11)16(21-10-20-9-19)13-5-6-14-15(7-13)24-17(23)22-14/h1-7,9-10,16H,(H,22,23)(H2,19,20,21). The highest BCUT2D eigenvalue weighted by molar-refractivity contribution is 7.16. The molecule has 0 saturated heterocycles. The number of hydrogen-bond acceptors (Lipinski definition) is 4. The minimum absolute atomic E-state index is 0.0895. The Bertz CT molecular complexity index is 1010. The van der Waals surface area contributed by atoms with Crippen LogP contribution in [0.25, 0.3) is 10.2 Å². The molecule has 24 heavy (non-hydrogen) atoms. The van der Waals surface area contributed by atoms with E-state index in [1.807, 2.05) is 30.3 Å². The van der Waals surface area contributed by atoms with Gasteiger partial charge in [-0.15, -0.1) is 0 Å². The fraction of sp³-hybridized carbons (Fsp3) is 0.0588. The van der Waals surface area contributed by atoms with Crippen molar-refractivity contribution in [3.8, 4) is 6.07 Å². The van der Waals surface area contributed by atoms with E-state index in [4.69, 9.17) is 11.0 Å². The third kappa shape index (κ3) is 3.24. The third-order valence-corrected chi connectivity index (χ3v) is 4.33. The fourth-order valence-corrected chi connectivity index (χ4v) is 3.16. The molecule has 1 unspecified atom stereocenters. The van der Waals surface area contributed by atoms with Crippen LogP contribution in [0, 0.1) is 11.3 Å². The molecule has 0 fully saturated rings. The number of rotatable bonds is 4. The zero-order chi connectivity index (χ0) is 16.9. The number of aliphatic imine (C=N–C) groups is 2. The molecule has 0 aliphatic rings. The van der Waals surface area contributed by atoms with Crippen molar-refractivity contribution in [2.75, 3.05) is 0 Å². The molecule has 0 spiro atoms. The van der Waals surface area contributed by atoms with Gasteiger partial charge in [0, 0.05) is 0 Å². The first kappa shape index (κ1) is 15.6. The van der Waals surface area contributed by atoms with Gasteiger partial charge in [0.25, 0.3) is 0 Å². The molecule has 3 N–H and O–H groups in total. The van der Waals surface area contributed by atoms with Crippen LogP contribution in [0.3, 0.4) is 0 Å². The molecular formula is C17H13N5OS. The SMILES string of the molecule is N#Cc1ccc(C(N=CN=CN)c2ccc3[nH]c(=O)sc3c2)cc1. The van der Waals surface area contributed by atoms with Crippen LogP contribution in [-0.2, 0) is 0 Å². The first-order valence-corrected chi connectivity index (χ1v) is 7.91. The van der Waals surface area contributed by atoms with Gasteiger partial charge in [0.1, 0.15) is 12.4 Å². The van der Waals surface area contributed by atoms with Gasteiger partial charge in [-0.25, -0.2) is 4.99 Å². The summed E-state index contributed by atoms with van der Waals surface area (Å²) < 4.78 is 0.869. The van der Waals surface area contributed by atoms with E-state index in [0.717, 1.165) is 32.7 Å². The first-order valence-electron chi connectivity index (χ1n) is 7.09. The van der Waals surface area contributed by atoms with E-state index in [1.165, 1.54) is 12.7 Å². The minimum atomic E-state index is -0.303. The summed E-state index contributed by atoms with van der Waals surface area (Å²) in [5, 5.41) is 8.93. The number of thiazole rings is 1. The van der Waals surface area contributed by atoms with Crippen molar-refractivity contribution in [1.82, 2.24) is 4.98 Å². The Hall–Kier alpha value is -3.24. The number of aromatic amines is 1. The molecule has 0 aliphatic heterocycles. The monoisotopic (exact) mass is 335 g/mol. The topological polar surface area (TPSA) is 107 Å². The summed E-state index contributed by atoms with van der Waals surface area (Å²) in [6.45, 7) is 0. The van der Waals surface area contributed by atoms with Gasteiger partial charge in [-0.1, -0.05) is 29.5 Å². The van der Waals surface area contributed by atoms with E-state index >= 15 is 0 Å². The second-order valence-corrected chi connectivity index (χ2v) is 5.98. The van der Waals surface area contributed by atoms with E-state index in [1.54, 1.807) is 12.1 Å². The maximum Gasteiger partial charge on any atom is 0.305 e. The van der Waals surface area contributed by atoms with Crippen LogP contribution in [0.15, 0.2) is 57.2 Å². The van der Waals surface area contributed by atoms with Gasteiger partial charge in [-0.2, -0.15) is 5.26 Å². The molecule has 1 heterocycles. The van der Waals surface area contributed by atoms with E-state index in [-0.39, 0.29) is 10.9 Å². The molecule has 1 aromatic heterocycles. The fourth-order valence-electron chi connectivity index (χ4n) is 2.38. The molecule has 0 bridgehead atoms. The summed E-state index contributed by atoms with van der Waals surface area (Å²) in [5.74, 6) is 0. The van der Waals surface area contributed by atoms with Crippen LogP contribution in [0.2, 0.25) is 0 Å². The number of nitrogens with zero attached hydrogens (tertiary/aromatic N) is 3. The number of aromatic nitrogens is 1. The zero-order valence-electron chi connectivity index (χ0n) is 12.5. The summed E-state index contributed by atoms with van der Waals surface area (Å²) in [6.07, 6.45) is 2.56. The molecule has 7 heteroatoms. The van der Waals surface area contributed by atoms with Gasteiger partial charge < -0.3 is 10.7 Å². The van der Waals surface area contributed by atoms with Crippen molar-refractivity contribution in [1.29, 1.82) is 5.26 Å². The van der Waals surface area contributed by atoms with E-state index in [9.17, 15) is 4.79 Å². The summed E-state index contributed by atoms with van der Waals surface area (Å²) in [6, 6.07) is 14.7. The Morgan fingerprint density at radius 2 is 1.96 bits per heavy atom. The smallest absolute Gasteiger partial charge is 0.305 e. The number of hydrogen-bond donors (Lipinski definition) is 2. The van der Waals surface area contributed by atoms with Gasteiger partial charge in [-0.05, 0) is 35.4 Å². The number of H-pyrrole nitrogens is 1. The highest BCUT2D eigenvalue weighted by atomic mass is 32.1. The van der Waals surface area contributed by atoms with E-state index in [0.29, 0.717) is 5.56 Å². The number of nitriles is 1. The maximum absolute atomic E-state index is 11.5. The second kappa shape index (κ2) is 6.89. The molecule has 0 radical (unpaired) electrons. The van der Waals surface area contributed by atoms with Crippen molar-refractivity contribution < 1.29 is 0 Å². The summed E-state index contributed by atoms with van der Waals surface area (Å²) in [4.78, 5) is 22.5. The van der Waals surface area contributed by atoms with Gasteiger partial charge in [-0.3, -0.25) is 9.79 Å². The van der Waals surface area contributed by atoms with Gasteiger partial charge in [0.05, 0.1) is 28.2 Å². The van der Waals surface area contributed by atoms with Gasteiger partial charge in [0.15, 0.2) is 0 Å². The normalized spacial score (nSPS) is 12.8. The first-order chi connectivity index (χ1) is 11.7. The second-order valence-electron chi connectivity index (χ2n) is 4.97. The predicted octanol–water partition coefficient (Wildman–Crippen LogP) is 2.57. The van der Waals surface area contributed by atoms with Gasteiger partial charge >= 0.3 is 4.87 Å². The van der Waals surface area contributed by atoms with Crippen LogP contribution in [-0.4, -0.2) is 17.7 Å². The molecule has 6 nitrogen and oxygen atoms in total. The van der Waals surface area contributed by atoms with E-state index in [2.05, 4.69) is 21.0 Å².